The van der Waals surface area contributed by atoms with Crippen molar-refractivity contribution in [3.8, 4) is 6.07 Å². The molecular formula is C17H17F2N3O3. The van der Waals surface area contributed by atoms with Gasteiger partial charge in [-0.15, -0.1) is 0 Å². The highest BCUT2D eigenvalue weighted by atomic mass is 19.3. The molecule has 1 saturated heterocycles. The number of likely N-dealkylation sites (tertiary alicyclic amines) is 1. The zero-order valence-electron chi connectivity index (χ0n) is 13.4. The summed E-state index contributed by atoms with van der Waals surface area (Å²) in [7, 11) is 0. The van der Waals surface area contributed by atoms with E-state index in [2.05, 4.69) is 4.98 Å². The Kier molecular flexibility index (Phi) is 4.52. The number of ketones is 1. The quantitative estimate of drug-likeness (QED) is 0.816. The van der Waals surface area contributed by atoms with Gasteiger partial charge in [0.05, 0.1) is 18.7 Å². The number of carbonyl (C=O) groups excluding carboxylic acids is 2. The highest BCUT2D eigenvalue weighted by Gasteiger charge is 2.47. The molecular weight excluding hydrogens is 332 g/mol. The monoisotopic (exact) mass is 349 g/mol. The molecule has 0 radical (unpaired) electrons. The molecule has 3 atom stereocenters. The van der Waals surface area contributed by atoms with Crippen LogP contribution in [0.1, 0.15) is 47.5 Å². The summed E-state index contributed by atoms with van der Waals surface area (Å²) < 4.78 is 26.8. The van der Waals surface area contributed by atoms with Crippen LogP contribution >= 0.6 is 0 Å². The molecule has 1 N–H and O–H groups in total. The number of aliphatic hydroxyl groups excluding tert-OH is 1. The first-order chi connectivity index (χ1) is 11.8. The van der Waals surface area contributed by atoms with Crippen molar-refractivity contribution in [1.29, 1.82) is 5.26 Å². The number of rotatable bonds is 5. The van der Waals surface area contributed by atoms with E-state index in [0.29, 0.717) is 17.5 Å². The molecule has 2 heterocycles. The number of amides is 1. The summed E-state index contributed by atoms with van der Waals surface area (Å²) in [5.41, 5.74) is 1.04. The lowest BCUT2D eigenvalue weighted by molar-refractivity contribution is -0.132. The minimum Gasteiger partial charge on any atom is -0.392 e. The largest absolute Gasteiger partial charge is 0.392 e. The summed E-state index contributed by atoms with van der Waals surface area (Å²) in [4.78, 5) is 29.4. The standard InChI is InChI=1S/C17H17F2N3O3/c18-17(19)6-10(7-20)22(9-17)16(25)2-1-14(23)11-3-4-21-8-13(11)12-5-15(12)24/h3-4,8,10,12,15,24H,1-2,5-6,9H2/t10-,12?,15?/m0/s1. The van der Waals surface area contributed by atoms with Crippen molar-refractivity contribution in [2.24, 2.45) is 0 Å². The summed E-state index contributed by atoms with van der Waals surface area (Å²) in [6.07, 6.45) is 2.03. The molecule has 2 unspecified atom stereocenters. The second-order valence-corrected chi connectivity index (χ2v) is 6.52. The molecule has 2 fully saturated rings. The van der Waals surface area contributed by atoms with Crippen molar-refractivity contribution >= 4 is 11.7 Å². The van der Waals surface area contributed by atoms with Crippen molar-refractivity contribution in [2.75, 3.05) is 6.54 Å². The lowest BCUT2D eigenvalue weighted by atomic mass is 9.99. The fourth-order valence-corrected chi connectivity index (χ4v) is 3.17. The average Bonchev–Trinajstić information content (AvgIpc) is 3.22. The first-order valence-corrected chi connectivity index (χ1v) is 8.04. The molecule has 1 saturated carbocycles. The summed E-state index contributed by atoms with van der Waals surface area (Å²) in [6, 6.07) is 2.09. The maximum absolute atomic E-state index is 13.4. The molecule has 25 heavy (non-hydrogen) atoms. The predicted molar refractivity (Wildman–Crippen MR) is 81.8 cm³/mol. The number of pyridine rings is 1. The smallest absolute Gasteiger partial charge is 0.268 e. The highest BCUT2D eigenvalue weighted by Crippen LogP contribution is 2.42. The average molecular weight is 349 g/mol. The topological polar surface area (TPSA) is 94.3 Å². The Balaban J connectivity index is 1.63. The fourth-order valence-electron chi connectivity index (χ4n) is 3.17. The molecule has 2 aliphatic rings. The summed E-state index contributed by atoms with van der Waals surface area (Å²) in [6.45, 7) is -0.785. The normalized spacial score (nSPS) is 27.0. The molecule has 1 aromatic heterocycles. The molecule has 0 aromatic carbocycles. The van der Waals surface area contributed by atoms with E-state index in [-0.39, 0.29) is 24.5 Å². The van der Waals surface area contributed by atoms with Crippen LogP contribution in [0.15, 0.2) is 18.5 Å². The molecule has 6 nitrogen and oxygen atoms in total. The zero-order chi connectivity index (χ0) is 18.2. The number of halogens is 2. The van der Waals surface area contributed by atoms with Gasteiger partial charge in [0.25, 0.3) is 5.92 Å². The van der Waals surface area contributed by atoms with Gasteiger partial charge in [-0.1, -0.05) is 0 Å². The molecule has 1 aliphatic heterocycles. The number of aromatic nitrogens is 1. The van der Waals surface area contributed by atoms with Gasteiger partial charge >= 0.3 is 0 Å². The number of nitrogens with zero attached hydrogens (tertiary/aromatic N) is 3. The number of Topliss-reactive ketones (excluding diaryl/α,β-unsaturated/α-hetero) is 1. The van der Waals surface area contributed by atoms with Gasteiger partial charge in [-0.3, -0.25) is 14.6 Å². The number of hydrogen-bond donors (Lipinski definition) is 1. The summed E-state index contributed by atoms with van der Waals surface area (Å²) in [5.74, 6) is -4.12. The minimum atomic E-state index is -3.07. The lowest BCUT2D eigenvalue weighted by Gasteiger charge is -2.19. The van der Waals surface area contributed by atoms with Crippen LogP contribution in [0.2, 0.25) is 0 Å². The van der Waals surface area contributed by atoms with Crippen molar-refractivity contribution in [3.63, 3.8) is 0 Å². The van der Waals surface area contributed by atoms with Crippen LogP contribution in [-0.2, 0) is 4.79 Å². The van der Waals surface area contributed by atoms with E-state index in [1.54, 1.807) is 6.07 Å². The summed E-state index contributed by atoms with van der Waals surface area (Å²) >= 11 is 0. The van der Waals surface area contributed by atoms with Gasteiger partial charge in [0.2, 0.25) is 5.91 Å². The molecule has 0 spiro atoms. The molecule has 0 bridgehead atoms. The fraction of sp³-hybridized carbons (Fsp3) is 0.529. The number of alkyl halides is 2. The lowest BCUT2D eigenvalue weighted by Crippen LogP contribution is -2.36. The molecule has 1 aliphatic carbocycles. The number of nitriles is 1. The van der Waals surface area contributed by atoms with E-state index in [4.69, 9.17) is 5.26 Å². The van der Waals surface area contributed by atoms with Crippen LogP contribution in [0.4, 0.5) is 8.78 Å². The molecule has 3 rings (SSSR count). The van der Waals surface area contributed by atoms with Gasteiger partial charge in [-0.25, -0.2) is 8.78 Å². The van der Waals surface area contributed by atoms with E-state index >= 15 is 0 Å². The van der Waals surface area contributed by atoms with E-state index < -0.39 is 36.9 Å². The van der Waals surface area contributed by atoms with Gasteiger partial charge in [0.15, 0.2) is 5.78 Å². The first kappa shape index (κ1) is 17.4. The van der Waals surface area contributed by atoms with Gasteiger partial charge < -0.3 is 10.0 Å². The van der Waals surface area contributed by atoms with Crippen LogP contribution in [-0.4, -0.2) is 51.3 Å². The van der Waals surface area contributed by atoms with Gasteiger partial charge in [0.1, 0.15) is 6.04 Å². The minimum absolute atomic E-state index is 0.122. The Bertz CT molecular complexity index is 747. The maximum Gasteiger partial charge on any atom is 0.268 e. The second kappa shape index (κ2) is 6.48. The second-order valence-electron chi connectivity index (χ2n) is 6.52. The Morgan fingerprint density at radius 2 is 2.16 bits per heavy atom. The van der Waals surface area contributed by atoms with Gasteiger partial charge in [0, 0.05) is 43.1 Å². The molecule has 132 valence electrons. The van der Waals surface area contributed by atoms with Crippen molar-refractivity contribution < 1.29 is 23.5 Å². The van der Waals surface area contributed by atoms with Crippen molar-refractivity contribution in [2.45, 2.75) is 49.7 Å². The number of hydrogen-bond acceptors (Lipinski definition) is 5. The highest BCUT2D eigenvalue weighted by molar-refractivity contribution is 5.99. The van der Waals surface area contributed by atoms with E-state index in [0.717, 1.165) is 4.90 Å². The third-order valence-electron chi connectivity index (χ3n) is 4.61. The number of aliphatic hydroxyl groups is 1. The SMILES string of the molecule is N#C[C@@H]1CC(F)(F)CN1C(=O)CCC(=O)c1ccncc1C1CC1O. The van der Waals surface area contributed by atoms with E-state index in [1.807, 2.05) is 0 Å². The Morgan fingerprint density at radius 1 is 1.44 bits per heavy atom. The van der Waals surface area contributed by atoms with Crippen LogP contribution in [0, 0.1) is 11.3 Å². The molecule has 1 aromatic rings. The van der Waals surface area contributed by atoms with Crippen molar-refractivity contribution in [3.05, 3.63) is 29.6 Å². The maximum atomic E-state index is 13.4. The van der Waals surface area contributed by atoms with Crippen LogP contribution in [0.3, 0.4) is 0 Å². The predicted octanol–water partition coefficient (Wildman–Crippen LogP) is 1.65. The Hall–Kier alpha value is -2.40. The Morgan fingerprint density at radius 3 is 2.80 bits per heavy atom. The zero-order valence-corrected chi connectivity index (χ0v) is 13.4. The van der Waals surface area contributed by atoms with E-state index in [9.17, 15) is 23.5 Å². The van der Waals surface area contributed by atoms with Crippen LogP contribution in [0.5, 0.6) is 0 Å². The summed E-state index contributed by atoms with van der Waals surface area (Å²) in [5, 5.41) is 18.5. The third kappa shape index (κ3) is 3.66. The Labute approximate surface area is 143 Å². The third-order valence-corrected chi connectivity index (χ3v) is 4.61. The van der Waals surface area contributed by atoms with Gasteiger partial charge in [-0.2, -0.15) is 5.26 Å². The number of carbonyl (C=O) groups is 2. The molecule has 1 amide bonds. The molecule has 8 heteroatoms. The van der Waals surface area contributed by atoms with Gasteiger partial charge in [-0.05, 0) is 18.1 Å². The van der Waals surface area contributed by atoms with E-state index in [1.165, 1.54) is 18.5 Å². The van der Waals surface area contributed by atoms with Crippen LogP contribution in [0.25, 0.3) is 0 Å². The van der Waals surface area contributed by atoms with Crippen molar-refractivity contribution in [1.82, 2.24) is 9.88 Å². The van der Waals surface area contributed by atoms with Crippen LogP contribution < -0.4 is 0 Å². The first-order valence-electron chi connectivity index (χ1n) is 8.04.